The van der Waals surface area contributed by atoms with Gasteiger partial charge < -0.3 is 9.52 Å². The third kappa shape index (κ3) is 1.10. The zero-order chi connectivity index (χ0) is 5.82. The first-order valence-corrected chi connectivity index (χ1v) is 2.55. The van der Waals surface area contributed by atoms with E-state index >= 15 is 0 Å². The summed E-state index contributed by atoms with van der Waals surface area (Å²) in [5.74, 6) is 0. The molecule has 0 radical (unpaired) electrons. The second-order valence-corrected chi connectivity index (χ2v) is 1.61. The van der Waals surface area contributed by atoms with Crippen molar-refractivity contribution >= 4 is 0 Å². The maximum absolute atomic E-state index is 8.40. The molecule has 1 rings (SSSR count). The van der Waals surface area contributed by atoms with E-state index in [4.69, 9.17) is 9.52 Å². The number of hydrogen-bond donors (Lipinski definition) is 1. The molecule has 0 bridgehead atoms. The van der Waals surface area contributed by atoms with Crippen LogP contribution in [-0.2, 0) is 6.42 Å². The van der Waals surface area contributed by atoms with Crippen LogP contribution in [0.2, 0.25) is 0 Å². The van der Waals surface area contributed by atoms with E-state index in [1.54, 1.807) is 12.5 Å². The van der Waals surface area contributed by atoms with Crippen LogP contribution >= 0.6 is 0 Å². The number of aliphatic hydroxyl groups is 1. The van der Waals surface area contributed by atoms with Crippen molar-refractivity contribution in [2.75, 3.05) is 6.61 Å². The molecule has 0 aliphatic heterocycles. The molecule has 0 aliphatic carbocycles. The van der Waals surface area contributed by atoms with Gasteiger partial charge in [-0.3, -0.25) is 0 Å². The number of aliphatic hydroxyl groups excluding tert-OH is 1. The predicted octanol–water partition coefficient (Wildman–Crippen LogP) is 0.814. The van der Waals surface area contributed by atoms with Gasteiger partial charge in [0.15, 0.2) is 0 Å². The molecule has 2 heteroatoms. The Morgan fingerprint density at radius 1 is 1.62 bits per heavy atom. The standard InChI is InChI=1S/C6H8O2/c7-3-1-6-2-4-8-5-6/h2,4-5,7H,1,3H2. The molecule has 0 spiro atoms. The third-order valence-electron chi connectivity index (χ3n) is 0.981. The molecule has 0 amide bonds. The summed E-state index contributed by atoms with van der Waals surface area (Å²) in [6, 6.07) is 1.84. The van der Waals surface area contributed by atoms with Gasteiger partial charge in [0.25, 0.3) is 0 Å². The summed E-state index contributed by atoms with van der Waals surface area (Å²) in [6.45, 7) is 0.194. The van der Waals surface area contributed by atoms with Crippen LogP contribution in [0.3, 0.4) is 0 Å². The highest BCUT2D eigenvalue weighted by Crippen LogP contribution is 1.98. The average Bonchev–Trinajstić information content (AvgIpc) is 2.19. The summed E-state index contributed by atoms with van der Waals surface area (Å²) in [7, 11) is 0. The van der Waals surface area contributed by atoms with E-state index in [2.05, 4.69) is 0 Å². The monoisotopic (exact) mass is 112 g/mol. The Bertz CT molecular complexity index is 132. The van der Waals surface area contributed by atoms with Crippen molar-refractivity contribution in [3.05, 3.63) is 24.2 Å². The molecule has 0 saturated heterocycles. The smallest absolute Gasteiger partial charge is 0.0935 e. The number of hydrogen-bond acceptors (Lipinski definition) is 2. The van der Waals surface area contributed by atoms with E-state index < -0.39 is 0 Å². The zero-order valence-corrected chi connectivity index (χ0v) is 4.50. The van der Waals surface area contributed by atoms with Crippen LogP contribution < -0.4 is 0 Å². The molecule has 0 aliphatic rings. The van der Waals surface area contributed by atoms with Gasteiger partial charge in [-0.05, 0) is 18.1 Å². The van der Waals surface area contributed by atoms with Crippen LogP contribution in [0.25, 0.3) is 0 Å². The van der Waals surface area contributed by atoms with Crippen molar-refractivity contribution in [1.82, 2.24) is 0 Å². The summed E-state index contributed by atoms with van der Waals surface area (Å²) < 4.78 is 4.76. The molecule has 0 atom stereocenters. The maximum Gasteiger partial charge on any atom is 0.0935 e. The van der Waals surface area contributed by atoms with Crippen molar-refractivity contribution < 1.29 is 9.52 Å². The minimum Gasteiger partial charge on any atom is -0.472 e. The lowest BCUT2D eigenvalue weighted by Gasteiger charge is -1.84. The number of rotatable bonds is 2. The molecular weight excluding hydrogens is 104 g/mol. The lowest BCUT2D eigenvalue weighted by Crippen LogP contribution is -1.85. The van der Waals surface area contributed by atoms with Crippen molar-refractivity contribution in [2.24, 2.45) is 0 Å². The minimum atomic E-state index is 0.194. The molecule has 8 heavy (non-hydrogen) atoms. The normalized spacial score (nSPS) is 9.62. The molecule has 0 unspecified atom stereocenters. The first kappa shape index (κ1) is 5.38. The van der Waals surface area contributed by atoms with Crippen LogP contribution in [-0.4, -0.2) is 11.7 Å². The molecule has 1 heterocycles. The third-order valence-corrected chi connectivity index (χ3v) is 0.981. The van der Waals surface area contributed by atoms with Crippen molar-refractivity contribution in [1.29, 1.82) is 0 Å². The first-order chi connectivity index (χ1) is 3.93. The summed E-state index contributed by atoms with van der Waals surface area (Å²) in [4.78, 5) is 0. The van der Waals surface area contributed by atoms with Crippen molar-refractivity contribution in [2.45, 2.75) is 6.42 Å². The highest BCUT2D eigenvalue weighted by atomic mass is 16.3. The predicted molar refractivity (Wildman–Crippen MR) is 29.5 cm³/mol. The Kier molecular flexibility index (Phi) is 1.70. The van der Waals surface area contributed by atoms with E-state index in [1.165, 1.54) is 0 Å². The molecule has 0 fully saturated rings. The Hall–Kier alpha value is -0.760. The van der Waals surface area contributed by atoms with Crippen LogP contribution in [0.4, 0.5) is 0 Å². The maximum atomic E-state index is 8.40. The van der Waals surface area contributed by atoms with Gasteiger partial charge in [-0.1, -0.05) is 0 Å². The van der Waals surface area contributed by atoms with Crippen LogP contribution in [0.5, 0.6) is 0 Å². The lowest BCUT2D eigenvalue weighted by atomic mass is 10.3. The summed E-state index contributed by atoms with van der Waals surface area (Å²) in [5.41, 5.74) is 1.05. The summed E-state index contributed by atoms with van der Waals surface area (Å²) in [6.07, 6.45) is 3.93. The van der Waals surface area contributed by atoms with Gasteiger partial charge in [-0.15, -0.1) is 0 Å². The second kappa shape index (κ2) is 2.52. The molecule has 44 valence electrons. The lowest BCUT2D eigenvalue weighted by molar-refractivity contribution is 0.299. The molecule has 1 N–H and O–H groups in total. The quantitative estimate of drug-likeness (QED) is 0.614. The first-order valence-electron chi connectivity index (χ1n) is 2.55. The number of furan rings is 1. The average molecular weight is 112 g/mol. The molecular formula is C6H8O2. The Morgan fingerprint density at radius 2 is 2.50 bits per heavy atom. The van der Waals surface area contributed by atoms with E-state index in [0.717, 1.165) is 5.56 Å². The van der Waals surface area contributed by atoms with Crippen molar-refractivity contribution in [3.63, 3.8) is 0 Å². The fourth-order valence-corrected chi connectivity index (χ4v) is 0.564. The fourth-order valence-electron chi connectivity index (χ4n) is 0.564. The topological polar surface area (TPSA) is 33.4 Å². The van der Waals surface area contributed by atoms with Crippen LogP contribution in [0.15, 0.2) is 23.0 Å². The van der Waals surface area contributed by atoms with Gasteiger partial charge >= 0.3 is 0 Å². The minimum absolute atomic E-state index is 0.194. The van der Waals surface area contributed by atoms with Gasteiger partial charge in [0.1, 0.15) is 0 Å². The van der Waals surface area contributed by atoms with E-state index in [1.807, 2.05) is 6.07 Å². The van der Waals surface area contributed by atoms with Gasteiger partial charge in [-0.25, -0.2) is 0 Å². The van der Waals surface area contributed by atoms with E-state index in [-0.39, 0.29) is 6.61 Å². The van der Waals surface area contributed by atoms with E-state index in [0.29, 0.717) is 6.42 Å². The Morgan fingerprint density at radius 3 is 3.00 bits per heavy atom. The van der Waals surface area contributed by atoms with Crippen molar-refractivity contribution in [3.8, 4) is 0 Å². The highest BCUT2D eigenvalue weighted by Gasteiger charge is 1.88. The molecule has 0 aromatic carbocycles. The molecule has 2 nitrogen and oxygen atoms in total. The summed E-state index contributed by atoms with van der Waals surface area (Å²) in [5, 5.41) is 8.40. The summed E-state index contributed by atoms with van der Waals surface area (Å²) >= 11 is 0. The highest BCUT2D eigenvalue weighted by molar-refractivity contribution is 5.04. The van der Waals surface area contributed by atoms with Crippen LogP contribution in [0, 0.1) is 0 Å². The SMILES string of the molecule is OCCc1ccoc1. The molecule has 1 aromatic heterocycles. The largest absolute Gasteiger partial charge is 0.472 e. The van der Waals surface area contributed by atoms with Gasteiger partial charge in [0.05, 0.1) is 12.5 Å². The fraction of sp³-hybridized carbons (Fsp3) is 0.333. The Balaban J connectivity index is 2.50. The van der Waals surface area contributed by atoms with Gasteiger partial charge in [0.2, 0.25) is 0 Å². The van der Waals surface area contributed by atoms with Crippen LogP contribution in [0.1, 0.15) is 5.56 Å². The van der Waals surface area contributed by atoms with Gasteiger partial charge in [0, 0.05) is 6.61 Å². The Labute approximate surface area is 47.7 Å². The molecule has 0 saturated carbocycles. The zero-order valence-electron chi connectivity index (χ0n) is 4.50. The van der Waals surface area contributed by atoms with Gasteiger partial charge in [-0.2, -0.15) is 0 Å². The second-order valence-electron chi connectivity index (χ2n) is 1.61. The van der Waals surface area contributed by atoms with E-state index in [9.17, 15) is 0 Å². The molecule has 1 aromatic rings.